The predicted molar refractivity (Wildman–Crippen MR) is 70.6 cm³/mol. The van der Waals surface area contributed by atoms with Crippen LogP contribution in [0.15, 0.2) is 0 Å². The van der Waals surface area contributed by atoms with Crippen LogP contribution in [0.2, 0.25) is 0 Å². The summed E-state index contributed by atoms with van der Waals surface area (Å²) in [4.78, 5) is 0. The fourth-order valence-electron chi connectivity index (χ4n) is 3.72. The molecular formula is C15H29N. The average molecular weight is 223 g/mol. The lowest BCUT2D eigenvalue weighted by Gasteiger charge is -2.31. The number of rotatable bonds is 8. The molecule has 2 saturated carbocycles. The molecule has 0 heterocycles. The molecule has 0 aromatic rings. The minimum absolute atomic E-state index is 0.706. The van der Waals surface area contributed by atoms with Gasteiger partial charge in [0.05, 0.1) is 0 Å². The van der Waals surface area contributed by atoms with Crippen molar-refractivity contribution in [2.24, 2.45) is 17.3 Å². The second-order valence-electron chi connectivity index (χ2n) is 6.30. The van der Waals surface area contributed by atoms with Crippen molar-refractivity contribution in [3.8, 4) is 0 Å². The maximum absolute atomic E-state index is 3.69. The molecule has 0 bridgehead atoms. The van der Waals surface area contributed by atoms with Crippen LogP contribution >= 0.6 is 0 Å². The molecule has 0 aromatic heterocycles. The molecule has 1 nitrogen and oxygen atoms in total. The van der Waals surface area contributed by atoms with Gasteiger partial charge in [-0.25, -0.2) is 0 Å². The highest BCUT2D eigenvalue weighted by Gasteiger charge is 2.52. The monoisotopic (exact) mass is 223 g/mol. The number of unbranched alkanes of at least 4 members (excludes halogenated alkanes) is 2. The van der Waals surface area contributed by atoms with Crippen molar-refractivity contribution < 1.29 is 0 Å². The minimum Gasteiger partial charge on any atom is -0.316 e. The normalized spacial score (nSPS) is 36.4. The van der Waals surface area contributed by atoms with E-state index < -0.39 is 0 Å². The van der Waals surface area contributed by atoms with E-state index in [-0.39, 0.29) is 0 Å². The van der Waals surface area contributed by atoms with Gasteiger partial charge < -0.3 is 5.32 Å². The molecule has 2 rings (SSSR count). The molecule has 94 valence electrons. The molecule has 0 saturated heterocycles. The fourth-order valence-corrected chi connectivity index (χ4v) is 3.72. The Morgan fingerprint density at radius 3 is 2.44 bits per heavy atom. The molecular weight excluding hydrogens is 194 g/mol. The van der Waals surface area contributed by atoms with Crippen LogP contribution in [0, 0.1) is 17.3 Å². The van der Waals surface area contributed by atoms with Crippen LogP contribution in [0.5, 0.6) is 0 Å². The zero-order chi connectivity index (χ0) is 11.4. The average Bonchev–Trinajstić information content (AvgIpc) is 2.88. The standard InChI is InChI=1S/C15H29N/c1-3-5-6-7-15(12-16-8-4-2)10-13-9-14(13)11-15/h13-14,16H,3-12H2,1-2H3. The van der Waals surface area contributed by atoms with Gasteiger partial charge >= 0.3 is 0 Å². The van der Waals surface area contributed by atoms with Crippen molar-refractivity contribution in [3.63, 3.8) is 0 Å². The molecule has 0 radical (unpaired) electrons. The third-order valence-corrected chi connectivity index (χ3v) is 4.70. The Morgan fingerprint density at radius 1 is 1.06 bits per heavy atom. The van der Waals surface area contributed by atoms with Gasteiger partial charge in [0.1, 0.15) is 0 Å². The van der Waals surface area contributed by atoms with E-state index in [1.165, 1.54) is 58.0 Å². The number of hydrogen-bond acceptors (Lipinski definition) is 1. The Hall–Kier alpha value is -0.0400. The highest BCUT2D eigenvalue weighted by atomic mass is 14.9. The Labute approximate surface area is 101 Å². The van der Waals surface area contributed by atoms with Gasteiger partial charge in [-0.2, -0.15) is 0 Å². The Morgan fingerprint density at radius 2 is 1.81 bits per heavy atom. The molecule has 1 N–H and O–H groups in total. The van der Waals surface area contributed by atoms with Gasteiger partial charge in [0.15, 0.2) is 0 Å². The molecule has 2 unspecified atom stereocenters. The van der Waals surface area contributed by atoms with Gasteiger partial charge in [0.25, 0.3) is 0 Å². The van der Waals surface area contributed by atoms with E-state index in [2.05, 4.69) is 19.2 Å². The van der Waals surface area contributed by atoms with E-state index in [1.54, 1.807) is 6.42 Å². The van der Waals surface area contributed by atoms with Crippen LogP contribution in [0.1, 0.15) is 65.2 Å². The molecule has 0 spiro atoms. The molecule has 0 amide bonds. The summed E-state index contributed by atoms with van der Waals surface area (Å²) < 4.78 is 0. The molecule has 16 heavy (non-hydrogen) atoms. The first-order valence-corrected chi connectivity index (χ1v) is 7.50. The van der Waals surface area contributed by atoms with Gasteiger partial charge in [-0.1, -0.05) is 33.1 Å². The zero-order valence-corrected chi connectivity index (χ0v) is 11.2. The smallest absolute Gasteiger partial charge is 0.000801 e. The Kier molecular flexibility index (Phi) is 4.29. The lowest BCUT2D eigenvalue weighted by atomic mass is 9.78. The van der Waals surface area contributed by atoms with Gasteiger partial charge in [-0.3, -0.25) is 0 Å². The molecule has 2 aliphatic carbocycles. The fraction of sp³-hybridized carbons (Fsp3) is 1.00. The second kappa shape index (κ2) is 5.53. The van der Waals surface area contributed by atoms with Crippen molar-refractivity contribution >= 4 is 0 Å². The predicted octanol–water partition coefficient (Wildman–Crippen LogP) is 3.98. The first kappa shape index (κ1) is 12.4. The van der Waals surface area contributed by atoms with E-state index in [0.29, 0.717) is 5.41 Å². The van der Waals surface area contributed by atoms with Crippen LogP contribution in [0.3, 0.4) is 0 Å². The zero-order valence-electron chi connectivity index (χ0n) is 11.2. The van der Waals surface area contributed by atoms with Crippen LogP contribution in [0.4, 0.5) is 0 Å². The summed E-state index contributed by atoms with van der Waals surface area (Å²) >= 11 is 0. The van der Waals surface area contributed by atoms with Crippen molar-refractivity contribution in [2.45, 2.75) is 65.2 Å². The summed E-state index contributed by atoms with van der Waals surface area (Å²) in [5, 5.41) is 3.69. The van der Waals surface area contributed by atoms with Crippen molar-refractivity contribution in [1.82, 2.24) is 5.32 Å². The first-order valence-electron chi connectivity index (χ1n) is 7.50. The second-order valence-corrected chi connectivity index (χ2v) is 6.30. The van der Waals surface area contributed by atoms with E-state index >= 15 is 0 Å². The van der Waals surface area contributed by atoms with Crippen molar-refractivity contribution in [1.29, 1.82) is 0 Å². The molecule has 2 aliphatic rings. The van der Waals surface area contributed by atoms with Gasteiger partial charge in [0, 0.05) is 6.54 Å². The molecule has 2 atom stereocenters. The van der Waals surface area contributed by atoms with Gasteiger partial charge in [0.2, 0.25) is 0 Å². The minimum atomic E-state index is 0.706. The van der Waals surface area contributed by atoms with Crippen LogP contribution in [0.25, 0.3) is 0 Å². The lowest BCUT2D eigenvalue weighted by Crippen LogP contribution is -2.33. The first-order chi connectivity index (χ1) is 7.79. The number of fused-ring (bicyclic) bond motifs is 1. The summed E-state index contributed by atoms with van der Waals surface area (Å²) in [6, 6.07) is 0. The summed E-state index contributed by atoms with van der Waals surface area (Å²) in [5.41, 5.74) is 0.706. The highest BCUT2D eigenvalue weighted by Crippen LogP contribution is 2.61. The molecule has 1 heteroatoms. The molecule has 2 fully saturated rings. The third-order valence-electron chi connectivity index (χ3n) is 4.70. The van der Waals surface area contributed by atoms with Crippen LogP contribution in [-0.2, 0) is 0 Å². The Balaban J connectivity index is 1.76. The van der Waals surface area contributed by atoms with Gasteiger partial charge in [-0.15, -0.1) is 0 Å². The van der Waals surface area contributed by atoms with Crippen molar-refractivity contribution in [2.75, 3.05) is 13.1 Å². The quantitative estimate of drug-likeness (QED) is 0.614. The molecule has 0 aliphatic heterocycles. The summed E-state index contributed by atoms with van der Waals surface area (Å²) in [5.74, 6) is 2.26. The highest BCUT2D eigenvalue weighted by molar-refractivity contribution is 5.03. The van der Waals surface area contributed by atoms with Gasteiger partial charge in [-0.05, 0) is 55.9 Å². The van der Waals surface area contributed by atoms with E-state index in [0.717, 1.165) is 11.8 Å². The summed E-state index contributed by atoms with van der Waals surface area (Å²) in [6.45, 7) is 7.10. The third kappa shape index (κ3) is 3.00. The van der Waals surface area contributed by atoms with Crippen LogP contribution < -0.4 is 5.32 Å². The Bertz CT molecular complexity index is 189. The van der Waals surface area contributed by atoms with Crippen molar-refractivity contribution in [3.05, 3.63) is 0 Å². The lowest BCUT2D eigenvalue weighted by molar-refractivity contribution is 0.223. The number of hydrogen-bond donors (Lipinski definition) is 1. The summed E-state index contributed by atoms with van der Waals surface area (Å²) in [6.07, 6.45) is 11.7. The van der Waals surface area contributed by atoms with E-state index in [9.17, 15) is 0 Å². The van der Waals surface area contributed by atoms with E-state index in [4.69, 9.17) is 0 Å². The molecule has 0 aromatic carbocycles. The maximum atomic E-state index is 3.69. The maximum Gasteiger partial charge on any atom is 0.000801 e. The SMILES string of the molecule is CCCCCC1(CNCCC)CC2CC2C1. The summed E-state index contributed by atoms with van der Waals surface area (Å²) in [7, 11) is 0. The largest absolute Gasteiger partial charge is 0.316 e. The van der Waals surface area contributed by atoms with Crippen LogP contribution in [-0.4, -0.2) is 13.1 Å². The number of nitrogens with one attached hydrogen (secondary N) is 1. The van der Waals surface area contributed by atoms with E-state index in [1.807, 2.05) is 0 Å². The topological polar surface area (TPSA) is 12.0 Å².